The van der Waals surface area contributed by atoms with E-state index in [1.54, 1.807) is 36.5 Å². The van der Waals surface area contributed by atoms with Gasteiger partial charge in [-0.2, -0.15) is 5.26 Å². The van der Waals surface area contributed by atoms with Gasteiger partial charge in [-0.15, -0.1) is 0 Å². The van der Waals surface area contributed by atoms with Gasteiger partial charge in [0.2, 0.25) is 0 Å². The summed E-state index contributed by atoms with van der Waals surface area (Å²) < 4.78 is 18.9. The van der Waals surface area contributed by atoms with Gasteiger partial charge in [0.25, 0.3) is 0 Å². The Labute approximate surface area is 98.1 Å². The fraction of sp³-hybridized carbons (Fsp3) is 0.0769. The lowest BCUT2D eigenvalue weighted by atomic mass is 10.1. The van der Waals surface area contributed by atoms with E-state index in [0.29, 0.717) is 11.3 Å². The average molecular weight is 228 g/mol. The van der Waals surface area contributed by atoms with E-state index in [4.69, 9.17) is 10.00 Å². The third-order valence-corrected chi connectivity index (χ3v) is 2.36. The number of hydrogen-bond donors (Lipinski definition) is 0. The van der Waals surface area contributed by atoms with Crippen molar-refractivity contribution in [2.45, 2.75) is 0 Å². The van der Waals surface area contributed by atoms with Crippen LogP contribution in [0.15, 0.2) is 36.5 Å². The van der Waals surface area contributed by atoms with Crippen molar-refractivity contribution in [3.05, 3.63) is 47.9 Å². The number of methoxy groups -OCH3 is 1. The minimum Gasteiger partial charge on any atom is -0.493 e. The number of rotatable bonds is 2. The first kappa shape index (κ1) is 11.1. The van der Waals surface area contributed by atoms with Gasteiger partial charge in [-0.05, 0) is 24.3 Å². The number of aromatic nitrogens is 1. The van der Waals surface area contributed by atoms with Gasteiger partial charge in [0, 0.05) is 11.8 Å². The molecule has 0 aliphatic heterocycles. The first-order chi connectivity index (χ1) is 8.27. The molecule has 0 spiro atoms. The number of ether oxygens (including phenoxy) is 1. The fourth-order valence-electron chi connectivity index (χ4n) is 1.57. The Bertz CT molecular complexity index is 576. The summed E-state index contributed by atoms with van der Waals surface area (Å²) in [6.07, 6.45) is 1.62. The Morgan fingerprint density at radius 1 is 1.29 bits per heavy atom. The van der Waals surface area contributed by atoms with E-state index in [9.17, 15) is 4.39 Å². The molecule has 0 aliphatic carbocycles. The van der Waals surface area contributed by atoms with Crippen molar-refractivity contribution in [3.8, 4) is 23.1 Å². The molecule has 1 aromatic carbocycles. The quantitative estimate of drug-likeness (QED) is 0.793. The molecule has 0 unspecified atom stereocenters. The van der Waals surface area contributed by atoms with Crippen LogP contribution in [0.5, 0.6) is 5.75 Å². The predicted molar refractivity (Wildman–Crippen MR) is 60.9 cm³/mol. The highest BCUT2D eigenvalue weighted by atomic mass is 19.1. The number of pyridine rings is 1. The largest absolute Gasteiger partial charge is 0.493 e. The first-order valence-electron chi connectivity index (χ1n) is 4.96. The van der Waals surface area contributed by atoms with E-state index in [-0.39, 0.29) is 11.3 Å². The lowest BCUT2D eigenvalue weighted by molar-refractivity contribution is 0.387. The van der Waals surface area contributed by atoms with Crippen LogP contribution in [0.1, 0.15) is 5.56 Å². The van der Waals surface area contributed by atoms with Crippen molar-refractivity contribution in [2.75, 3.05) is 7.11 Å². The van der Waals surface area contributed by atoms with E-state index < -0.39 is 5.82 Å². The highest BCUT2D eigenvalue weighted by Crippen LogP contribution is 2.32. The first-order valence-corrected chi connectivity index (χ1v) is 4.96. The Hall–Kier alpha value is -2.41. The second kappa shape index (κ2) is 4.62. The summed E-state index contributed by atoms with van der Waals surface area (Å²) >= 11 is 0. The van der Waals surface area contributed by atoms with Crippen LogP contribution in [0, 0.1) is 17.1 Å². The SMILES string of the molecule is COc1c(-c2ccccn2)ccc(C#N)c1F. The maximum absolute atomic E-state index is 13.8. The second-order valence-corrected chi connectivity index (χ2v) is 3.33. The molecule has 17 heavy (non-hydrogen) atoms. The number of nitriles is 1. The maximum atomic E-state index is 13.8. The molecule has 4 heteroatoms. The smallest absolute Gasteiger partial charge is 0.183 e. The Balaban J connectivity index is 2.65. The van der Waals surface area contributed by atoms with Crippen molar-refractivity contribution in [1.82, 2.24) is 4.98 Å². The number of hydrogen-bond acceptors (Lipinski definition) is 3. The molecule has 2 aromatic rings. The summed E-state index contributed by atoms with van der Waals surface area (Å²) in [4.78, 5) is 4.12. The molecule has 2 rings (SSSR count). The van der Waals surface area contributed by atoms with Crippen LogP contribution in [0.4, 0.5) is 4.39 Å². The van der Waals surface area contributed by atoms with Crippen molar-refractivity contribution < 1.29 is 9.13 Å². The van der Waals surface area contributed by atoms with Crippen molar-refractivity contribution in [1.29, 1.82) is 5.26 Å². The lowest BCUT2D eigenvalue weighted by Crippen LogP contribution is -1.96. The molecule has 3 nitrogen and oxygen atoms in total. The van der Waals surface area contributed by atoms with Crippen molar-refractivity contribution in [3.63, 3.8) is 0 Å². The molecule has 0 saturated carbocycles. The monoisotopic (exact) mass is 228 g/mol. The highest BCUT2D eigenvalue weighted by molar-refractivity contribution is 5.69. The highest BCUT2D eigenvalue weighted by Gasteiger charge is 2.15. The minimum absolute atomic E-state index is 0.0402. The standard InChI is InChI=1S/C13H9FN2O/c1-17-13-10(11-4-2-3-7-16-11)6-5-9(8-15)12(13)14/h2-7H,1H3. The molecule has 0 N–H and O–H groups in total. The van der Waals surface area contributed by atoms with Crippen LogP contribution >= 0.6 is 0 Å². The molecule has 1 heterocycles. The summed E-state index contributed by atoms with van der Waals surface area (Å²) in [6, 6.07) is 10.2. The van der Waals surface area contributed by atoms with Gasteiger partial charge in [-0.1, -0.05) is 6.07 Å². The topological polar surface area (TPSA) is 45.9 Å². The summed E-state index contributed by atoms with van der Waals surface area (Å²) in [5.74, 6) is -0.610. The summed E-state index contributed by atoms with van der Waals surface area (Å²) in [5, 5.41) is 8.74. The second-order valence-electron chi connectivity index (χ2n) is 3.33. The normalized spacial score (nSPS) is 9.71. The van der Waals surface area contributed by atoms with Gasteiger partial charge < -0.3 is 4.74 Å². The molecule has 0 bridgehead atoms. The van der Waals surface area contributed by atoms with Gasteiger partial charge in [0.15, 0.2) is 11.6 Å². The van der Waals surface area contributed by atoms with E-state index in [0.717, 1.165) is 0 Å². The zero-order valence-corrected chi connectivity index (χ0v) is 9.14. The van der Waals surface area contributed by atoms with Gasteiger partial charge in [0.1, 0.15) is 6.07 Å². The molecular weight excluding hydrogens is 219 g/mol. The van der Waals surface area contributed by atoms with Crippen LogP contribution in [-0.2, 0) is 0 Å². The third-order valence-electron chi connectivity index (χ3n) is 2.36. The van der Waals surface area contributed by atoms with Gasteiger partial charge in [-0.25, -0.2) is 4.39 Å². The summed E-state index contributed by atoms with van der Waals surface area (Å²) in [6.45, 7) is 0. The number of benzene rings is 1. The molecule has 0 aliphatic rings. The van der Waals surface area contributed by atoms with Crippen molar-refractivity contribution in [2.24, 2.45) is 0 Å². The Morgan fingerprint density at radius 3 is 2.71 bits per heavy atom. The molecule has 0 atom stereocenters. The van der Waals surface area contributed by atoms with Crippen LogP contribution in [0.2, 0.25) is 0 Å². The van der Waals surface area contributed by atoms with E-state index in [1.165, 1.54) is 13.2 Å². The average Bonchev–Trinajstić information content (AvgIpc) is 2.39. The zero-order valence-electron chi connectivity index (χ0n) is 9.14. The van der Waals surface area contributed by atoms with E-state index in [2.05, 4.69) is 4.98 Å². The van der Waals surface area contributed by atoms with Crippen LogP contribution in [0.25, 0.3) is 11.3 Å². The van der Waals surface area contributed by atoms with E-state index >= 15 is 0 Å². The number of nitrogens with zero attached hydrogens (tertiary/aromatic N) is 2. The molecule has 0 amide bonds. The summed E-state index contributed by atoms with van der Waals surface area (Å²) in [7, 11) is 1.37. The third kappa shape index (κ3) is 1.95. The lowest BCUT2D eigenvalue weighted by Gasteiger charge is -2.09. The van der Waals surface area contributed by atoms with Gasteiger partial charge in [0.05, 0.1) is 18.4 Å². The zero-order chi connectivity index (χ0) is 12.3. The molecule has 84 valence electrons. The Kier molecular flexibility index (Phi) is 3.01. The summed E-state index contributed by atoms with van der Waals surface area (Å²) in [5.41, 5.74) is 1.10. The molecular formula is C13H9FN2O. The maximum Gasteiger partial charge on any atom is 0.183 e. The van der Waals surface area contributed by atoms with E-state index in [1.807, 2.05) is 0 Å². The van der Waals surface area contributed by atoms with Gasteiger partial charge in [-0.3, -0.25) is 4.98 Å². The van der Waals surface area contributed by atoms with Crippen LogP contribution < -0.4 is 4.74 Å². The fourth-order valence-corrected chi connectivity index (χ4v) is 1.57. The van der Waals surface area contributed by atoms with Crippen LogP contribution in [0.3, 0.4) is 0 Å². The van der Waals surface area contributed by atoms with Crippen molar-refractivity contribution >= 4 is 0 Å². The molecule has 0 saturated heterocycles. The number of halogens is 1. The minimum atomic E-state index is -0.654. The molecule has 0 fully saturated rings. The predicted octanol–water partition coefficient (Wildman–Crippen LogP) is 2.77. The van der Waals surface area contributed by atoms with Crippen LogP contribution in [-0.4, -0.2) is 12.1 Å². The Morgan fingerprint density at radius 2 is 2.12 bits per heavy atom. The van der Waals surface area contributed by atoms with Gasteiger partial charge >= 0.3 is 0 Å². The molecule has 1 aromatic heterocycles. The molecule has 0 radical (unpaired) electrons.